The second kappa shape index (κ2) is 14.4. The van der Waals surface area contributed by atoms with Gasteiger partial charge in [-0.05, 0) is 87.5 Å². The Hall–Kier alpha value is -8.25. The Kier molecular flexibility index (Phi) is 8.20. The molecule has 0 saturated heterocycles. The normalized spacial score (nSPS) is 12.1. The molecule has 0 aliphatic heterocycles. The number of fused-ring (bicyclic) bond motifs is 9. The van der Waals surface area contributed by atoms with Gasteiger partial charge in [0.1, 0.15) is 0 Å². The fraction of sp³-hybridized carbons (Fsp3) is 0. The van der Waals surface area contributed by atoms with E-state index in [9.17, 15) is 0 Å². The quantitative estimate of drug-likeness (QED) is 0.116. The maximum Gasteiger partial charge on any atom is 0.179 e. The molecule has 5 heteroatoms. The molecule has 0 spiro atoms. The van der Waals surface area contributed by atoms with Crippen LogP contribution in [-0.4, -0.2) is 26.8 Å². The number of rotatable bonds is 7. The monoisotopic (exact) mass is 832 g/mol. The van der Waals surface area contributed by atoms with E-state index in [1.54, 1.807) is 0 Å². The summed E-state index contributed by atoms with van der Waals surface area (Å²) in [4.78, 5) is 4.50. The molecule has 0 saturated carbocycles. The predicted octanol–water partition coefficient (Wildman–Crippen LogP) is 11.8. The fourth-order valence-corrected chi connectivity index (χ4v) is 15.5. The topological polar surface area (TPSA) is 27.7 Å². The van der Waals surface area contributed by atoms with Crippen molar-refractivity contribution < 1.29 is 0 Å². The van der Waals surface area contributed by atoms with E-state index in [4.69, 9.17) is 0 Å². The third-order valence-electron chi connectivity index (χ3n) is 13.5. The van der Waals surface area contributed by atoms with Gasteiger partial charge in [-0.25, -0.2) is 0 Å². The molecule has 0 radical (unpaired) electrons. The van der Waals surface area contributed by atoms with Gasteiger partial charge in [-0.1, -0.05) is 164 Å². The Morgan fingerprint density at radius 1 is 0.266 bits per heavy atom. The standard InChI is InChI=1S/C59H40N4Si/c1-4-16-44(17-5-1)64(45-18-6-2-7-19-45,46-20-8-3-9-21-46)47-32-28-41(29-33-47)61-55-26-14-11-23-49(55)52-38-42(31-35-57(52)61)63-54-25-13-10-22-48(54)51-34-30-43(39-59(51)63)62-56-27-15-12-24-50(56)53-40-60-37-36-58(53)62/h1-40H. The first-order valence-electron chi connectivity index (χ1n) is 22.0. The summed E-state index contributed by atoms with van der Waals surface area (Å²) in [7, 11) is -2.66. The summed E-state index contributed by atoms with van der Waals surface area (Å²) in [5, 5.41) is 12.7. The van der Waals surface area contributed by atoms with Crippen LogP contribution in [0.2, 0.25) is 0 Å². The maximum absolute atomic E-state index is 4.50. The van der Waals surface area contributed by atoms with Gasteiger partial charge >= 0.3 is 0 Å². The van der Waals surface area contributed by atoms with Gasteiger partial charge in [-0.2, -0.15) is 0 Å². The Bertz CT molecular complexity index is 3730. The average molecular weight is 833 g/mol. The SMILES string of the molecule is c1ccc([Si](c2ccccc2)(c2ccccc2)c2ccc(-n3c4ccccc4c4cc(-n5c6ccccc6c6ccc(-n7c8ccccc8c8cnccc87)cc65)ccc43)cc2)cc1. The summed E-state index contributed by atoms with van der Waals surface area (Å²) in [5.41, 5.74) is 10.4. The molecule has 0 unspecified atom stereocenters. The number of hydrogen-bond donors (Lipinski definition) is 0. The molecule has 64 heavy (non-hydrogen) atoms. The van der Waals surface area contributed by atoms with Gasteiger partial charge in [-0.3, -0.25) is 4.98 Å². The Labute approximate surface area is 371 Å². The highest BCUT2D eigenvalue weighted by Crippen LogP contribution is 2.39. The Balaban J connectivity index is 0.995. The summed E-state index contributed by atoms with van der Waals surface area (Å²) in [6.45, 7) is 0. The molecule has 0 atom stereocenters. The summed E-state index contributed by atoms with van der Waals surface area (Å²) in [6, 6.07) is 85.2. The molecule has 0 N–H and O–H groups in total. The van der Waals surface area contributed by atoms with Crippen molar-refractivity contribution in [2.75, 3.05) is 0 Å². The van der Waals surface area contributed by atoms with Gasteiger partial charge in [0.25, 0.3) is 0 Å². The van der Waals surface area contributed by atoms with Crippen molar-refractivity contribution in [3.05, 3.63) is 243 Å². The van der Waals surface area contributed by atoms with Crippen LogP contribution < -0.4 is 20.7 Å². The molecule has 0 aliphatic rings. The lowest BCUT2D eigenvalue weighted by molar-refractivity contribution is 1.15. The fourth-order valence-electron chi connectivity index (χ4n) is 10.8. The van der Waals surface area contributed by atoms with Gasteiger partial charge in [0, 0.05) is 61.8 Å². The maximum atomic E-state index is 4.50. The minimum absolute atomic E-state index is 1.12. The number of para-hydroxylation sites is 3. The molecule has 0 bridgehead atoms. The molecule has 0 amide bonds. The number of nitrogens with zero attached hydrogens (tertiary/aromatic N) is 4. The second-order valence-electron chi connectivity index (χ2n) is 16.7. The van der Waals surface area contributed by atoms with Gasteiger partial charge in [0.05, 0.1) is 33.1 Å². The first kappa shape index (κ1) is 36.4. The van der Waals surface area contributed by atoms with Crippen molar-refractivity contribution in [1.82, 2.24) is 18.7 Å². The van der Waals surface area contributed by atoms with Crippen LogP contribution >= 0.6 is 0 Å². The number of hydrogen-bond acceptors (Lipinski definition) is 1. The van der Waals surface area contributed by atoms with E-state index in [-0.39, 0.29) is 0 Å². The van der Waals surface area contributed by atoms with Crippen LogP contribution in [0.4, 0.5) is 0 Å². The Morgan fingerprint density at radius 3 is 1.25 bits per heavy atom. The molecule has 300 valence electrons. The molecule has 9 aromatic carbocycles. The second-order valence-corrected chi connectivity index (χ2v) is 20.6. The Morgan fingerprint density at radius 2 is 0.656 bits per heavy atom. The number of pyridine rings is 1. The molecule has 0 fully saturated rings. The molecule has 13 rings (SSSR count). The zero-order valence-electron chi connectivity index (χ0n) is 34.9. The van der Waals surface area contributed by atoms with E-state index in [0.717, 1.165) is 28.0 Å². The van der Waals surface area contributed by atoms with E-state index in [0.29, 0.717) is 0 Å². The van der Waals surface area contributed by atoms with Crippen molar-refractivity contribution >= 4 is 94.2 Å². The van der Waals surface area contributed by atoms with Crippen LogP contribution in [0.5, 0.6) is 0 Å². The summed E-state index contributed by atoms with van der Waals surface area (Å²) < 4.78 is 7.27. The van der Waals surface area contributed by atoms with Gasteiger partial charge in [-0.15, -0.1) is 0 Å². The van der Waals surface area contributed by atoms with E-state index in [2.05, 4.69) is 249 Å². The number of benzene rings is 9. The van der Waals surface area contributed by atoms with Crippen LogP contribution in [0.25, 0.3) is 82.5 Å². The molecular weight excluding hydrogens is 793 g/mol. The van der Waals surface area contributed by atoms with Crippen LogP contribution in [-0.2, 0) is 0 Å². The highest BCUT2D eigenvalue weighted by molar-refractivity contribution is 7.19. The zero-order chi connectivity index (χ0) is 42.2. The first-order chi connectivity index (χ1) is 31.8. The summed E-state index contributed by atoms with van der Waals surface area (Å²) >= 11 is 0. The largest absolute Gasteiger partial charge is 0.309 e. The molecule has 0 aliphatic carbocycles. The van der Waals surface area contributed by atoms with Crippen molar-refractivity contribution in [3.63, 3.8) is 0 Å². The zero-order valence-corrected chi connectivity index (χ0v) is 35.9. The van der Waals surface area contributed by atoms with Gasteiger partial charge < -0.3 is 13.7 Å². The minimum atomic E-state index is -2.66. The van der Waals surface area contributed by atoms with E-state index in [1.165, 1.54) is 75.3 Å². The van der Waals surface area contributed by atoms with Crippen LogP contribution in [0.15, 0.2) is 243 Å². The van der Waals surface area contributed by atoms with Crippen molar-refractivity contribution in [2.24, 2.45) is 0 Å². The van der Waals surface area contributed by atoms with Crippen LogP contribution in [0, 0.1) is 0 Å². The third kappa shape index (κ3) is 5.31. The van der Waals surface area contributed by atoms with Gasteiger partial charge in [0.2, 0.25) is 0 Å². The number of aromatic nitrogens is 4. The lowest BCUT2D eigenvalue weighted by Crippen LogP contribution is -2.74. The van der Waals surface area contributed by atoms with E-state index < -0.39 is 8.07 Å². The van der Waals surface area contributed by atoms with Gasteiger partial charge in [0.15, 0.2) is 8.07 Å². The molecule has 4 nitrogen and oxygen atoms in total. The average Bonchev–Trinajstić information content (AvgIpc) is 4.01. The van der Waals surface area contributed by atoms with Crippen molar-refractivity contribution in [2.45, 2.75) is 0 Å². The summed E-state index contributed by atoms with van der Waals surface area (Å²) in [5.74, 6) is 0. The van der Waals surface area contributed by atoms with Crippen LogP contribution in [0.1, 0.15) is 0 Å². The van der Waals surface area contributed by atoms with Crippen LogP contribution in [0.3, 0.4) is 0 Å². The minimum Gasteiger partial charge on any atom is -0.309 e. The van der Waals surface area contributed by atoms with E-state index >= 15 is 0 Å². The smallest absolute Gasteiger partial charge is 0.179 e. The summed E-state index contributed by atoms with van der Waals surface area (Å²) in [6.07, 6.45) is 3.88. The molecular formula is C59H40N4Si. The lowest BCUT2D eigenvalue weighted by Gasteiger charge is -2.34. The van der Waals surface area contributed by atoms with Crippen molar-refractivity contribution in [3.8, 4) is 17.1 Å². The van der Waals surface area contributed by atoms with E-state index in [1.807, 2.05) is 12.4 Å². The molecule has 13 aromatic rings. The molecule has 4 aromatic heterocycles. The predicted molar refractivity (Wildman–Crippen MR) is 271 cm³/mol. The first-order valence-corrected chi connectivity index (χ1v) is 24.0. The lowest BCUT2D eigenvalue weighted by atomic mass is 10.1. The van der Waals surface area contributed by atoms with Crippen molar-refractivity contribution in [1.29, 1.82) is 0 Å². The highest BCUT2D eigenvalue weighted by atomic mass is 28.3. The highest BCUT2D eigenvalue weighted by Gasteiger charge is 2.41. The molecule has 4 heterocycles. The third-order valence-corrected chi connectivity index (χ3v) is 18.3.